The molecule has 0 bridgehead atoms. The molecule has 0 N–H and O–H groups in total. The van der Waals surface area contributed by atoms with Gasteiger partial charge in [0, 0.05) is 13.1 Å². The van der Waals surface area contributed by atoms with Crippen LogP contribution in [0.4, 0.5) is 0 Å². The Balaban J connectivity index is 2.37. The Morgan fingerprint density at radius 1 is 1.10 bits per heavy atom. The second-order valence-corrected chi connectivity index (χ2v) is 4.11. The van der Waals surface area contributed by atoms with E-state index < -0.39 is 0 Å². The second-order valence-electron chi connectivity index (χ2n) is 4.11. The first-order valence-corrected chi connectivity index (χ1v) is 6.47. The predicted molar refractivity (Wildman–Crippen MR) is 73.6 cm³/mol. The van der Waals surface area contributed by atoms with Crippen molar-refractivity contribution in [3.63, 3.8) is 0 Å². The van der Waals surface area contributed by atoms with Crippen LogP contribution < -0.4 is 4.74 Å². The third-order valence-corrected chi connectivity index (χ3v) is 2.67. The minimum absolute atomic E-state index is 0.0913. The van der Waals surface area contributed by atoms with Crippen LogP contribution in [0.25, 0.3) is 0 Å². The van der Waals surface area contributed by atoms with E-state index in [1.165, 1.54) is 0 Å². The minimum atomic E-state index is -0.0913. The number of benzene rings is 1. The highest BCUT2D eigenvalue weighted by atomic mass is 16.5. The molecular weight excluding hydrogens is 254 g/mol. The maximum atomic E-state index is 12.0. The lowest BCUT2D eigenvalue weighted by molar-refractivity contribution is -0.131. The first kappa shape index (κ1) is 15.5. The van der Waals surface area contributed by atoms with Crippen molar-refractivity contribution in [1.29, 1.82) is 10.5 Å². The molecule has 0 saturated heterocycles. The quantitative estimate of drug-likeness (QED) is 0.725. The molecule has 20 heavy (non-hydrogen) atoms. The molecule has 0 aromatic heterocycles. The van der Waals surface area contributed by atoms with Gasteiger partial charge in [-0.2, -0.15) is 10.5 Å². The fourth-order valence-electron chi connectivity index (χ4n) is 1.66. The Kier molecular flexibility index (Phi) is 7.30. The Bertz CT molecular complexity index is 470. The molecule has 0 fully saturated rings. The molecule has 1 aromatic rings. The number of hydrogen-bond donors (Lipinski definition) is 0. The van der Waals surface area contributed by atoms with Crippen LogP contribution in [0, 0.1) is 22.7 Å². The van der Waals surface area contributed by atoms with Crippen molar-refractivity contribution in [2.24, 2.45) is 0 Å². The molecule has 5 heteroatoms. The largest absolute Gasteiger partial charge is 0.493 e. The maximum absolute atomic E-state index is 12.0. The van der Waals surface area contributed by atoms with Gasteiger partial charge in [-0.05, 0) is 12.1 Å². The minimum Gasteiger partial charge on any atom is -0.493 e. The standard InChI is InChI=1S/C15H17N3O2/c16-9-4-11-18(12-5-10-17)15(19)8-13-20-14-6-2-1-3-7-14/h1-3,6-7H,4-5,8,11-13H2. The van der Waals surface area contributed by atoms with Crippen molar-refractivity contribution in [3.05, 3.63) is 30.3 Å². The summed E-state index contributed by atoms with van der Waals surface area (Å²) in [7, 11) is 0. The molecule has 104 valence electrons. The molecule has 0 saturated carbocycles. The highest BCUT2D eigenvalue weighted by Crippen LogP contribution is 2.09. The fourth-order valence-corrected chi connectivity index (χ4v) is 1.66. The van der Waals surface area contributed by atoms with E-state index >= 15 is 0 Å². The van der Waals surface area contributed by atoms with Crippen LogP contribution in [0.2, 0.25) is 0 Å². The Morgan fingerprint density at radius 2 is 1.70 bits per heavy atom. The van der Waals surface area contributed by atoms with Crippen LogP contribution in [-0.4, -0.2) is 30.5 Å². The summed E-state index contributed by atoms with van der Waals surface area (Å²) >= 11 is 0. The van der Waals surface area contributed by atoms with Crippen LogP contribution in [0.15, 0.2) is 30.3 Å². The van der Waals surface area contributed by atoms with Gasteiger partial charge in [-0.25, -0.2) is 0 Å². The van der Waals surface area contributed by atoms with Crippen molar-refractivity contribution in [2.45, 2.75) is 19.3 Å². The van der Waals surface area contributed by atoms with Gasteiger partial charge >= 0.3 is 0 Å². The van der Waals surface area contributed by atoms with Gasteiger partial charge in [0.25, 0.3) is 0 Å². The number of carbonyl (C=O) groups is 1. The van der Waals surface area contributed by atoms with Crippen LogP contribution in [0.3, 0.4) is 0 Å². The summed E-state index contributed by atoms with van der Waals surface area (Å²) in [6, 6.07) is 13.3. The SMILES string of the molecule is N#CCCN(CCC#N)C(=O)CCOc1ccccc1. The number of ether oxygens (including phenoxy) is 1. The molecule has 0 radical (unpaired) electrons. The van der Waals surface area contributed by atoms with Crippen LogP contribution in [0.1, 0.15) is 19.3 Å². The average molecular weight is 271 g/mol. The first-order chi connectivity index (χ1) is 9.77. The zero-order valence-electron chi connectivity index (χ0n) is 11.3. The molecule has 1 amide bonds. The summed E-state index contributed by atoms with van der Waals surface area (Å²) in [5, 5.41) is 17.1. The molecule has 5 nitrogen and oxygen atoms in total. The van der Waals surface area contributed by atoms with Gasteiger partial charge < -0.3 is 9.64 Å². The van der Waals surface area contributed by atoms with E-state index in [0.717, 1.165) is 5.75 Å². The van der Waals surface area contributed by atoms with Gasteiger partial charge in [0.15, 0.2) is 0 Å². The Morgan fingerprint density at radius 3 is 2.25 bits per heavy atom. The summed E-state index contributed by atoms with van der Waals surface area (Å²) in [5.74, 6) is 0.632. The molecule has 0 aliphatic heterocycles. The van der Waals surface area contributed by atoms with E-state index in [1.54, 1.807) is 4.90 Å². The number of carbonyl (C=O) groups excluding carboxylic acids is 1. The van der Waals surface area contributed by atoms with E-state index in [0.29, 0.717) is 19.7 Å². The van der Waals surface area contributed by atoms with E-state index in [2.05, 4.69) is 0 Å². The van der Waals surface area contributed by atoms with Crippen molar-refractivity contribution < 1.29 is 9.53 Å². The zero-order chi connectivity index (χ0) is 14.6. The Labute approximate surface area is 119 Å². The summed E-state index contributed by atoms with van der Waals surface area (Å²) in [6.45, 7) is 1.02. The molecule has 1 aromatic carbocycles. The van der Waals surface area contributed by atoms with Gasteiger partial charge in [0.1, 0.15) is 5.75 Å². The predicted octanol–water partition coefficient (Wildman–Crippen LogP) is 2.11. The van der Waals surface area contributed by atoms with E-state index in [-0.39, 0.29) is 25.2 Å². The molecule has 0 aliphatic carbocycles. The summed E-state index contributed by atoms with van der Waals surface area (Å²) in [4.78, 5) is 13.5. The van der Waals surface area contributed by atoms with Gasteiger partial charge in [-0.1, -0.05) is 18.2 Å². The fraction of sp³-hybridized carbons (Fsp3) is 0.400. The van der Waals surface area contributed by atoms with Gasteiger partial charge in [0.2, 0.25) is 5.91 Å². The molecule has 0 atom stereocenters. The number of rotatable bonds is 8. The van der Waals surface area contributed by atoms with Gasteiger partial charge in [0.05, 0.1) is 38.0 Å². The maximum Gasteiger partial charge on any atom is 0.226 e. The van der Waals surface area contributed by atoms with E-state index in [9.17, 15) is 4.79 Å². The Hall–Kier alpha value is -2.53. The number of para-hydroxylation sites is 1. The third kappa shape index (κ3) is 5.88. The second kappa shape index (κ2) is 9.41. The summed E-state index contributed by atoms with van der Waals surface area (Å²) < 4.78 is 5.46. The van der Waals surface area contributed by atoms with Crippen LogP contribution in [0.5, 0.6) is 5.75 Å². The monoisotopic (exact) mass is 271 g/mol. The van der Waals surface area contributed by atoms with E-state index in [4.69, 9.17) is 15.3 Å². The van der Waals surface area contributed by atoms with Crippen molar-refractivity contribution in [3.8, 4) is 17.9 Å². The number of amides is 1. The lowest BCUT2D eigenvalue weighted by Crippen LogP contribution is -2.33. The first-order valence-electron chi connectivity index (χ1n) is 6.47. The third-order valence-electron chi connectivity index (χ3n) is 2.67. The molecule has 1 rings (SSSR count). The summed E-state index contributed by atoms with van der Waals surface area (Å²) in [5.41, 5.74) is 0. The number of nitriles is 2. The van der Waals surface area contributed by atoms with E-state index in [1.807, 2.05) is 42.5 Å². The molecule has 0 heterocycles. The highest BCUT2D eigenvalue weighted by Gasteiger charge is 2.12. The highest BCUT2D eigenvalue weighted by molar-refractivity contribution is 5.76. The molecule has 0 aliphatic rings. The molecule has 0 spiro atoms. The number of nitrogens with zero attached hydrogens (tertiary/aromatic N) is 3. The van der Waals surface area contributed by atoms with Crippen molar-refractivity contribution >= 4 is 5.91 Å². The van der Waals surface area contributed by atoms with Crippen LogP contribution >= 0.6 is 0 Å². The van der Waals surface area contributed by atoms with Crippen molar-refractivity contribution in [2.75, 3.05) is 19.7 Å². The number of hydrogen-bond acceptors (Lipinski definition) is 4. The summed E-state index contributed by atoms with van der Waals surface area (Å²) in [6.07, 6.45) is 0.791. The topological polar surface area (TPSA) is 77.1 Å². The van der Waals surface area contributed by atoms with Gasteiger partial charge in [-0.3, -0.25) is 4.79 Å². The lowest BCUT2D eigenvalue weighted by atomic mass is 10.3. The normalized spacial score (nSPS) is 9.30. The smallest absolute Gasteiger partial charge is 0.226 e. The van der Waals surface area contributed by atoms with Gasteiger partial charge in [-0.15, -0.1) is 0 Å². The van der Waals surface area contributed by atoms with Crippen LogP contribution in [-0.2, 0) is 4.79 Å². The van der Waals surface area contributed by atoms with Crippen molar-refractivity contribution in [1.82, 2.24) is 4.90 Å². The molecular formula is C15H17N3O2. The molecule has 0 unspecified atom stereocenters. The average Bonchev–Trinajstić information content (AvgIpc) is 2.48. The zero-order valence-corrected chi connectivity index (χ0v) is 11.3. The lowest BCUT2D eigenvalue weighted by Gasteiger charge is -2.20.